The van der Waals surface area contributed by atoms with Gasteiger partial charge in [-0.1, -0.05) is 13.8 Å². The molecule has 1 aliphatic rings. The number of carbonyl (C=O) groups excluding carboxylic acids is 1. The van der Waals surface area contributed by atoms with Crippen LogP contribution in [0, 0.1) is 22.7 Å². The molecule has 0 radical (unpaired) electrons. The lowest BCUT2D eigenvalue weighted by Crippen LogP contribution is -2.34. The normalized spacial score (nSPS) is 29.0. The Labute approximate surface area is 85.7 Å². The second-order valence-electron chi connectivity index (χ2n) is 4.45. The Morgan fingerprint density at radius 2 is 2.36 bits per heavy atom. The van der Waals surface area contributed by atoms with E-state index >= 15 is 0 Å². The highest BCUT2D eigenvalue weighted by Gasteiger charge is 2.41. The lowest BCUT2D eigenvalue weighted by molar-refractivity contribution is -0.135. The third kappa shape index (κ3) is 1.89. The molecule has 0 bridgehead atoms. The molecule has 0 aromatic rings. The van der Waals surface area contributed by atoms with Gasteiger partial charge >= 0.3 is 0 Å². The van der Waals surface area contributed by atoms with Gasteiger partial charge in [-0.05, 0) is 19.8 Å². The van der Waals surface area contributed by atoms with Crippen LogP contribution >= 0.6 is 0 Å². The van der Waals surface area contributed by atoms with Gasteiger partial charge in [-0.3, -0.25) is 4.79 Å². The number of hydrogen-bond donors (Lipinski definition) is 0. The van der Waals surface area contributed by atoms with Gasteiger partial charge in [0, 0.05) is 18.5 Å². The Balaban J connectivity index is 2.61. The highest BCUT2D eigenvalue weighted by Crippen LogP contribution is 2.34. The average Bonchev–Trinajstić information content (AvgIpc) is 2.47. The van der Waals surface area contributed by atoms with Crippen molar-refractivity contribution in [2.75, 3.05) is 13.1 Å². The van der Waals surface area contributed by atoms with Gasteiger partial charge in [0.15, 0.2) is 0 Å². The minimum atomic E-state index is -0.171. The maximum atomic E-state index is 11.9. The first-order chi connectivity index (χ1) is 6.53. The zero-order chi connectivity index (χ0) is 10.8. The fraction of sp³-hybridized carbons (Fsp3) is 0.818. The monoisotopic (exact) mass is 194 g/mol. The summed E-state index contributed by atoms with van der Waals surface area (Å²) in [6, 6.07) is 2.16. The number of nitriles is 1. The summed E-state index contributed by atoms with van der Waals surface area (Å²) in [4.78, 5) is 13.8. The molecule has 3 heteroatoms. The molecule has 1 heterocycles. The van der Waals surface area contributed by atoms with Gasteiger partial charge in [0.25, 0.3) is 0 Å². The summed E-state index contributed by atoms with van der Waals surface area (Å²) in [6.07, 6.45) is 1.82. The van der Waals surface area contributed by atoms with Crippen molar-refractivity contribution in [1.82, 2.24) is 4.90 Å². The van der Waals surface area contributed by atoms with E-state index in [4.69, 9.17) is 5.26 Å². The summed E-state index contributed by atoms with van der Waals surface area (Å²) in [5.74, 6) is 0.167. The van der Waals surface area contributed by atoms with Crippen LogP contribution in [0.4, 0.5) is 0 Å². The van der Waals surface area contributed by atoms with E-state index in [1.54, 1.807) is 0 Å². The maximum Gasteiger partial charge on any atom is 0.228 e. The van der Waals surface area contributed by atoms with Gasteiger partial charge in [-0.2, -0.15) is 5.26 Å². The van der Waals surface area contributed by atoms with Crippen molar-refractivity contribution in [1.29, 1.82) is 5.26 Å². The highest BCUT2D eigenvalue weighted by molar-refractivity contribution is 5.84. The van der Waals surface area contributed by atoms with Gasteiger partial charge in [0.2, 0.25) is 5.91 Å². The number of carbonyl (C=O) groups is 1. The van der Waals surface area contributed by atoms with Gasteiger partial charge in [0.05, 0.1) is 12.0 Å². The molecule has 0 aromatic carbocycles. The fourth-order valence-electron chi connectivity index (χ4n) is 1.85. The summed E-state index contributed by atoms with van der Waals surface area (Å²) in [6.45, 7) is 7.33. The van der Waals surface area contributed by atoms with Gasteiger partial charge in [-0.15, -0.1) is 0 Å². The van der Waals surface area contributed by atoms with Crippen molar-refractivity contribution >= 4 is 5.91 Å². The topological polar surface area (TPSA) is 44.1 Å². The van der Waals surface area contributed by atoms with E-state index in [0.717, 1.165) is 19.4 Å². The Bertz CT molecular complexity index is 269. The molecular formula is C11H18N2O. The van der Waals surface area contributed by atoms with Crippen LogP contribution in [-0.2, 0) is 4.79 Å². The van der Waals surface area contributed by atoms with Crippen LogP contribution in [0.15, 0.2) is 0 Å². The van der Waals surface area contributed by atoms with Crippen LogP contribution in [0.5, 0.6) is 0 Å². The first-order valence-electron chi connectivity index (χ1n) is 5.22. The van der Waals surface area contributed by atoms with E-state index in [1.165, 1.54) is 0 Å². The molecule has 0 aromatic heterocycles. The lowest BCUT2D eigenvalue weighted by Gasteiger charge is -2.22. The van der Waals surface area contributed by atoms with Crippen molar-refractivity contribution in [2.24, 2.45) is 11.3 Å². The largest absolute Gasteiger partial charge is 0.341 e. The molecule has 2 atom stereocenters. The average molecular weight is 194 g/mol. The second kappa shape index (κ2) is 4.00. The predicted octanol–water partition coefficient (Wildman–Crippen LogP) is 1.79. The smallest absolute Gasteiger partial charge is 0.228 e. The zero-order valence-electron chi connectivity index (χ0n) is 9.21. The minimum absolute atomic E-state index is 0.0573. The van der Waals surface area contributed by atoms with E-state index in [1.807, 2.05) is 18.7 Å². The first-order valence-corrected chi connectivity index (χ1v) is 5.22. The maximum absolute atomic E-state index is 11.9. The SMILES string of the molecule is CCC1(C)CCN(CC(C)C#N)C1=O. The number of nitrogens with zero attached hydrogens (tertiary/aromatic N) is 2. The Morgan fingerprint density at radius 1 is 1.71 bits per heavy atom. The van der Waals surface area contributed by atoms with Crippen molar-refractivity contribution in [2.45, 2.75) is 33.6 Å². The molecule has 1 amide bonds. The molecule has 1 fully saturated rings. The molecule has 1 rings (SSSR count). The lowest BCUT2D eigenvalue weighted by atomic mass is 9.86. The summed E-state index contributed by atoms with van der Waals surface area (Å²) in [5.41, 5.74) is -0.171. The minimum Gasteiger partial charge on any atom is -0.341 e. The van der Waals surface area contributed by atoms with Crippen LogP contribution in [0.25, 0.3) is 0 Å². The van der Waals surface area contributed by atoms with Crippen LogP contribution < -0.4 is 0 Å². The van der Waals surface area contributed by atoms with Crippen LogP contribution in [-0.4, -0.2) is 23.9 Å². The van der Waals surface area contributed by atoms with Crippen LogP contribution in [0.2, 0.25) is 0 Å². The van der Waals surface area contributed by atoms with Gasteiger partial charge in [-0.25, -0.2) is 0 Å². The van der Waals surface area contributed by atoms with E-state index in [0.29, 0.717) is 6.54 Å². The zero-order valence-corrected chi connectivity index (χ0v) is 9.21. The molecule has 3 nitrogen and oxygen atoms in total. The van der Waals surface area contributed by atoms with Crippen molar-refractivity contribution in [3.63, 3.8) is 0 Å². The molecule has 1 aliphatic heterocycles. The molecular weight excluding hydrogens is 176 g/mol. The number of amides is 1. The summed E-state index contributed by atoms with van der Waals surface area (Å²) < 4.78 is 0. The third-order valence-electron chi connectivity index (χ3n) is 3.23. The fourth-order valence-corrected chi connectivity index (χ4v) is 1.85. The first kappa shape index (κ1) is 11.0. The Hall–Kier alpha value is -1.04. The molecule has 0 aliphatic carbocycles. The highest BCUT2D eigenvalue weighted by atomic mass is 16.2. The molecule has 0 saturated carbocycles. The molecule has 1 saturated heterocycles. The molecule has 0 spiro atoms. The van der Waals surface area contributed by atoms with E-state index < -0.39 is 0 Å². The van der Waals surface area contributed by atoms with E-state index in [-0.39, 0.29) is 17.2 Å². The van der Waals surface area contributed by atoms with Crippen LogP contribution in [0.1, 0.15) is 33.6 Å². The summed E-state index contributed by atoms with van der Waals surface area (Å²) in [5, 5.41) is 8.68. The van der Waals surface area contributed by atoms with Gasteiger partial charge in [0.1, 0.15) is 0 Å². The standard InChI is InChI=1S/C11H18N2O/c1-4-11(3)5-6-13(10(11)14)8-9(2)7-12/h9H,4-6,8H2,1-3H3. The van der Waals surface area contributed by atoms with Gasteiger partial charge < -0.3 is 4.90 Å². The molecule has 2 unspecified atom stereocenters. The summed E-state index contributed by atoms with van der Waals surface area (Å²) in [7, 11) is 0. The molecule has 14 heavy (non-hydrogen) atoms. The third-order valence-corrected chi connectivity index (χ3v) is 3.23. The quantitative estimate of drug-likeness (QED) is 0.687. The summed E-state index contributed by atoms with van der Waals surface area (Å²) >= 11 is 0. The van der Waals surface area contributed by atoms with Crippen molar-refractivity contribution < 1.29 is 4.79 Å². The van der Waals surface area contributed by atoms with Crippen LogP contribution in [0.3, 0.4) is 0 Å². The Morgan fingerprint density at radius 3 is 2.79 bits per heavy atom. The Kier molecular flexibility index (Phi) is 3.15. The number of rotatable bonds is 3. The molecule has 0 N–H and O–H groups in total. The van der Waals surface area contributed by atoms with E-state index in [2.05, 4.69) is 13.0 Å². The molecule has 78 valence electrons. The number of likely N-dealkylation sites (tertiary alicyclic amines) is 1. The number of hydrogen-bond acceptors (Lipinski definition) is 2. The van der Waals surface area contributed by atoms with E-state index in [9.17, 15) is 4.79 Å². The van der Waals surface area contributed by atoms with Crippen molar-refractivity contribution in [3.05, 3.63) is 0 Å². The van der Waals surface area contributed by atoms with Crippen molar-refractivity contribution in [3.8, 4) is 6.07 Å². The predicted molar refractivity (Wildman–Crippen MR) is 54.4 cm³/mol. The second-order valence-corrected chi connectivity index (χ2v) is 4.45.